The number of pyridine rings is 1. The molecular weight excluding hydrogens is 382 g/mol. The quantitative estimate of drug-likeness (QED) is 0.746. The molecule has 0 aromatic carbocycles. The lowest BCUT2D eigenvalue weighted by molar-refractivity contribution is -0.130. The molecule has 3 aliphatic rings. The highest BCUT2D eigenvalue weighted by Crippen LogP contribution is 2.33. The molecule has 3 atom stereocenters. The molecule has 0 unspecified atom stereocenters. The Kier molecular flexibility index (Phi) is 5.32. The highest BCUT2D eigenvalue weighted by molar-refractivity contribution is 7.92. The van der Waals surface area contributed by atoms with E-state index in [-0.39, 0.29) is 35.5 Å². The van der Waals surface area contributed by atoms with Gasteiger partial charge in [0.25, 0.3) is 0 Å². The SMILES string of the molecule is COc1ncc(CN2C[C@@H](C(=O)NC3CS(=O)(=O)C3)C[C@H]3OCC[C@H]32)cc1C. The molecule has 0 aliphatic carbocycles. The largest absolute Gasteiger partial charge is 0.481 e. The van der Waals surface area contributed by atoms with Crippen LogP contribution in [0.5, 0.6) is 5.88 Å². The van der Waals surface area contributed by atoms with Crippen LogP contribution in [0.3, 0.4) is 0 Å². The van der Waals surface area contributed by atoms with Gasteiger partial charge in [-0.3, -0.25) is 9.69 Å². The number of aromatic nitrogens is 1. The molecule has 0 bridgehead atoms. The van der Waals surface area contributed by atoms with Gasteiger partial charge in [-0.25, -0.2) is 13.4 Å². The second-order valence-electron chi connectivity index (χ2n) is 8.08. The van der Waals surface area contributed by atoms with Gasteiger partial charge in [-0.05, 0) is 31.4 Å². The highest BCUT2D eigenvalue weighted by Gasteiger charge is 2.43. The van der Waals surface area contributed by atoms with E-state index in [0.29, 0.717) is 38.0 Å². The smallest absolute Gasteiger partial charge is 0.224 e. The minimum Gasteiger partial charge on any atom is -0.481 e. The van der Waals surface area contributed by atoms with Crippen molar-refractivity contribution in [3.8, 4) is 5.88 Å². The van der Waals surface area contributed by atoms with Crippen molar-refractivity contribution in [1.82, 2.24) is 15.2 Å². The van der Waals surface area contributed by atoms with Gasteiger partial charge in [-0.2, -0.15) is 0 Å². The average molecular weight is 410 g/mol. The molecule has 154 valence electrons. The van der Waals surface area contributed by atoms with Gasteiger partial charge < -0.3 is 14.8 Å². The molecule has 3 saturated heterocycles. The Morgan fingerprint density at radius 1 is 1.43 bits per heavy atom. The lowest BCUT2D eigenvalue weighted by Crippen LogP contribution is -2.57. The summed E-state index contributed by atoms with van der Waals surface area (Å²) in [7, 11) is -1.34. The van der Waals surface area contributed by atoms with Crippen LogP contribution in [-0.2, 0) is 25.9 Å². The Balaban J connectivity index is 1.44. The van der Waals surface area contributed by atoms with Crippen molar-refractivity contribution in [2.45, 2.75) is 44.5 Å². The standard InChI is InChI=1S/C19H27N3O5S/c1-12-5-13(7-20-19(12)26-2)8-22-9-14(6-17-16(22)3-4-27-17)18(23)21-15-10-28(24,25)11-15/h5,7,14-17H,3-4,6,8-11H2,1-2H3,(H,21,23)/t14-,16+,17+/m0/s1. The first-order valence-corrected chi connectivity index (χ1v) is 11.5. The van der Waals surface area contributed by atoms with E-state index >= 15 is 0 Å². The molecule has 3 fully saturated rings. The van der Waals surface area contributed by atoms with Crippen LogP contribution in [0.2, 0.25) is 0 Å². The first-order valence-electron chi connectivity index (χ1n) is 9.70. The summed E-state index contributed by atoms with van der Waals surface area (Å²) in [5.41, 5.74) is 2.06. The van der Waals surface area contributed by atoms with Crippen LogP contribution in [-0.4, -0.2) is 74.2 Å². The minimum absolute atomic E-state index is 0.0435. The lowest BCUT2D eigenvalue weighted by atomic mass is 9.89. The van der Waals surface area contributed by atoms with Gasteiger partial charge in [0.05, 0.1) is 36.7 Å². The number of fused-ring (bicyclic) bond motifs is 1. The summed E-state index contributed by atoms with van der Waals surface area (Å²) in [5.74, 6) is 0.457. The van der Waals surface area contributed by atoms with Crippen LogP contribution in [0.4, 0.5) is 0 Å². The Hall–Kier alpha value is -1.71. The van der Waals surface area contributed by atoms with Crippen LogP contribution < -0.4 is 10.1 Å². The normalized spacial score (nSPS) is 29.7. The monoisotopic (exact) mass is 409 g/mol. The fourth-order valence-corrected chi connectivity index (χ4v) is 5.84. The van der Waals surface area contributed by atoms with Gasteiger partial charge in [-0.1, -0.05) is 0 Å². The topological polar surface area (TPSA) is 97.8 Å². The van der Waals surface area contributed by atoms with E-state index in [1.807, 2.05) is 13.1 Å². The van der Waals surface area contributed by atoms with Crippen LogP contribution in [0, 0.1) is 12.8 Å². The molecule has 1 aromatic heterocycles. The first kappa shape index (κ1) is 19.6. The predicted molar refractivity (Wildman–Crippen MR) is 103 cm³/mol. The summed E-state index contributed by atoms with van der Waals surface area (Å²) >= 11 is 0. The molecule has 8 nitrogen and oxygen atoms in total. The molecule has 0 saturated carbocycles. The number of piperidine rings is 1. The van der Waals surface area contributed by atoms with Crippen molar-refractivity contribution < 1.29 is 22.7 Å². The van der Waals surface area contributed by atoms with E-state index in [1.165, 1.54) is 0 Å². The predicted octanol–water partition coefficient (Wildman–Crippen LogP) is 0.291. The maximum atomic E-state index is 12.7. The van der Waals surface area contributed by atoms with Crippen molar-refractivity contribution >= 4 is 15.7 Å². The van der Waals surface area contributed by atoms with E-state index in [4.69, 9.17) is 9.47 Å². The number of hydrogen-bond donors (Lipinski definition) is 1. The summed E-state index contributed by atoms with van der Waals surface area (Å²) in [6, 6.07) is 2.12. The summed E-state index contributed by atoms with van der Waals surface area (Å²) in [4.78, 5) is 19.4. The molecule has 4 heterocycles. The van der Waals surface area contributed by atoms with Gasteiger partial charge >= 0.3 is 0 Å². The molecule has 1 N–H and O–H groups in total. The molecule has 28 heavy (non-hydrogen) atoms. The number of ether oxygens (including phenoxy) is 2. The Labute approximate surface area is 165 Å². The summed E-state index contributed by atoms with van der Waals surface area (Å²) < 4.78 is 33.8. The molecular formula is C19H27N3O5S. The fraction of sp³-hybridized carbons (Fsp3) is 0.684. The second kappa shape index (κ2) is 7.61. The number of sulfone groups is 1. The summed E-state index contributed by atoms with van der Waals surface area (Å²) in [6.45, 7) is 4.02. The summed E-state index contributed by atoms with van der Waals surface area (Å²) in [5, 5.41) is 2.90. The van der Waals surface area contributed by atoms with E-state index in [0.717, 1.165) is 17.5 Å². The maximum Gasteiger partial charge on any atom is 0.224 e. The van der Waals surface area contributed by atoms with Crippen LogP contribution >= 0.6 is 0 Å². The zero-order valence-electron chi connectivity index (χ0n) is 16.3. The number of carbonyl (C=O) groups excluding carboxylic acids is 1. The van der Waals surface area contributed by atoms with E-state index in [2.05, 4.69) is 21.3 Å². The maximum absolute atomic E-state index is 12.7. The van der Waals surface area contributed by atoms with Gasteiger partial charge in [-0.15, -0.1) is 0 Å². The third-order valence-corrected chi connectivity index (χ3v) is 7.73. The van der Waals surface area contributed by atoms with E-state index < -0.39 is 9.84 Å². The Bertz CT molecular complexity index is 847. The number of aryl methyl sites for hydroxylation is 1. The lowest BCUT2D eigenvalue weighted by Gasteiger charge is -2.41. The molecule has 1 aromatic rings. The van der Waals surface area contributed by atoms with Gasteiger partial charge in [0.15, 0.2) is 9.84 Å². The molecule has 9 heteroatoms. The fourth-order valence-electron chi connectivity index (χ4n) is 4.55. The molecule has 3 aliphatic heterocycles. The van der Waals surface area contributed by atoms with Crippen molar-refractivity contribution in [3.05, 3.63) is 23.4 Å². The number of rotatable bonds is 5. The van der Waals surface area contributed by atoms with Crippen molar-refractivity contribution in [2.75, 3.05) is 31.8 Å². The molecule has 1 amide bonds. The third kappa shape index (κ3) is 4.01. The Morgan fingerprint density at radius 3 is 2.89 bits per heavy atom. The zero-order chi connectivity index (χ0) is 19.9. The van der Waals surface area contributed by atoms with Gasteiger partial charge in [0, 0.05) is 37.5 Å². The van der Waals surface area contributed by atoms with Crippen LogP contribution in [0.1, 0.15) is 24.0 Å². The third-order valence-electron chi connectivity index (χ3n) is 5.91. The number of nitrogens with zero attached hydrogens (tertiary/aromatic N) is 2. The first-order chi connectivity index (χ1) is 13.3. The number of likely N-dealkylation sites (tertiary alicyclic amines) is 1. The number of hydrogen-bond acceptors (Lipinski definition) is 7. The van der Waals surface area contributed by atoms with E-state index in [1.54, 1.807) is 7.11 Å². The van der Waals surface area contributed by atoms with Crippen molar-refractivity contribution in [2.24, 2.45) is 5.92 Å². The number of amides is 1. The zero-order valence-corrected chi connectivity index (χ0v) is 17.1. The van der Waals surface area contributed by atoms with Crippen molar-refractivity contribution in [3.63, 3.8) is 0 Å². The average Bonchev–Trinajstić information content (AvgIpc) is 3.09. The van der Waals surface area contributed by atoms with Gasteiger partial charge in [0.1, 0.15) is 0 Å². The van der Waals surface area contributed by atoms with Crippen molar-refractivity contribution in [1.29, 1.82) is 0 Å². The summed E-state index contributed by atoms with van der Waals surface area (Å²) in [6.07, 6.45) is 3.51. The molecule has 4 rings (SSSR count). The second-order valence-corrected chi connectivity index (χ2v) is 10.2. The molecule has 0 radical (unpaired) electrons. The van der Waals surface area contributed by atoms with E-state index in [9.17, 15) is 13.2 Å². The number of carbonyl (C=O) groups is 1. The highest BCUT2D eigenvalue weighted by atomic mass is 32.2. The minimum atomic E-state index is -2.95. The molecule has 0 spiro atoms. The van der Waals surface area contributed by atoms with Crippen LogP contribution in [0.15, 0.2) is 12.3 Å². The number of methoxy groups -OCH3 is 1. The van der Waals surface area contributed by atoms with Crippen LogP contribution in [0.25, 0.3) is 0 Å². The van der Waals surface area contributed by atoms with Gasteiger partial charge in [0.2, 0.25) is 11.8 Å². The number of nitrogens with one attached hydrogen (secondary N) is 1. The Morgan fingerprint density at radius 2 is 2.21 bits per heavy atom.